The summed E-state index contributed by atoms with van der Waals surface area (Å²) in [5.41, 5.74) is 0.808. The molecule has 2 rings (SSSR count). The third-order valence-corrected chi connectivity index (χ3v) is 4.57. The van der Waals surface area contributed by atoms with E-state index in [1.54, 1.807) is 0 Å². The minimum atomic E-state index is -0.0957. The second kappa shape index (κ2) is 5.59. The average Bonchev–Trinajstić information content (AvgIpc) is 2.83. The van der Waals surface area contributed by atoms with E-state index in [1.807, 2.05) is 0 Å². The number of carbonyl (C=O) groups excluding carboxylic acids is 1. The lowest BCUT2D eigenvalue weighted by Crippen LogP contribution is -2.36. The molecule has 1 aliphatic rings. The van der Waals surface area contributed by atoms with Gasteiger partial charge in [0.05, 0.1) is 10.6 Å². The first-order chi connectivity index (χ1) is 8.93. The van der Waals surface area contributed by atoms with Gasteiger partial charge in [0.15, 0.2) is 11.4 Å². The molecule has 0 spiro atoms. The zero-order chi connectivity index (χ0) is 14.0. The lowest BCUT2D eigenvalue weighted by Gasteiger charge is -2.30. The zero-order valence-electron chi connectivity index (χ0n) is 12.1. The summed E-state index contributed by atoms with van der Waals surface area (Å²) in [6.07, 6.45) is 2.98. The number of hydrogen-bond donors (Lipinski definition) is 0. The Hall–Kier alpha value is -0.940. The fourth-order valence-electron chi connectivity index (χ4n) is 2.32. The zero-order valence-corrected chi connectivity index (χ0v) is 12.9. The molecule has 0 N–H and O–H groups in total. The lowest BCUT2D eigenvalue weighted by atomic mass is 9.91. The highest BCUT2D eigenvalue weighted by atomic mass is 32.1. The number of hydrogen-bond acceptors (Lipinski definition) is 5. The Kier molecular flexibility index (Phi) is 4.26. The van der Waals surface area contributed by atoms with Crippen molar-refractivity contribution in [3.63, 3.8) is 0 Å². The highest BCUT2D eigenvalue weighted by Gasteiger charge is 2.26. The van der Waals surface area contributed by atoms with Crippen molar-refractivity contribution in [1.82, 2.24) is 4.98 Å². The molecule has 0 bridgehead atoms. The third kappa shape index (κ3) is 3.15. The molecular weight excluding hydrogens is 260 g/mol. The lowest BCUT2D eigenvalue weighted by molar-refractivity contribution is 0.0855. The van der Waals surface area contributed by atoms with Gasteiger partial charge in [-0.25, -0.2) is 4.98 Å². The van der Waals surface area contributed by atoms with Crippen LogP contribution in [0.25, 0.3) is 0 Å². The quantitative estimate of drug-likeness (QED) is 0.800. The van der Waals surface area contributed by atoms with Crippen molar-refractivity contribution in [3.05, 3.63) is 10.6 Å². The molecule has 0 radical (unpaired) electrons. The van der Waals surface area contributed by atoms with Gasteiger partial charge in [0, 0.05) is 31.7 Å². The van der Waals surface area contributed by atoms with Gasteiger partial charge >= 0.3 is 0 Å². The summed E-state index contributed by atoms with van der Waals surface area (Å²) in [4.78, 5) is 18.9. The van der Waals surface area contributed by atoms with Crippen molar-refractivity contribution < 1.29 is 9.53 Å². The van der Waals surface area contributed by atoms with Gasteiger partial charge in [-0.05, 0) is 12.8 Å². The van der Waals surface area contributed by atoms with E-state index in [0.717, 1.165) is 48.0 Å². The molecule has 1 fully saturated rings. The van der Waals surface area contributed by atoms with Crippen LogP contribution in [0.4, 0.5) is 5.13 Å². The summed E-state index contributed by atoms with van der Waals surface area (Å²) in [5, 5.41) is 0.943. The summed E-state index contributed by atoms with van der Waals surface area (Å²) in [7, 11) is 2.07. The molecule has 0 aliphatic carbocycles. The number of rotatable bonds is 3. The van der Waals surface area contributed by atoms with E-state index in [0.29, 0.717) is 6.04 Å². The topological polar surface area (TPSA) is 42.4 Å². The maximum absolute atomic E-state index is 11.2. The monoisotopic (exact) mass is 282 g/mol. The van der Waals surface area contributed by atoms with Crippen molar-refractivity contribution in [2.24, 2.45) is 0 Å². The minimum absolute atomic E-state index is 0.0957. The number of ether oxygens (including phenoxy) is 1. The highest BCUT2D eigenvalue weighted by molar-refractivity contribution is 7.17. The Morgan fingerprint density at radius 3 is 2.47 bits per heavy atom. The Morgan fingerprint density at radius 2 is 2.00 bits per heavy atom. The summed E-state index contributed by atoms with van der Waals surface area (Å²) in [5.74, 6) is 0. The normalized spacial score (nSPS) is 17.5. The van der Waals surface area contributed by atoms with Gasteiger partial charge in [0.25, 0.3) is 0 Å². The van der Waals surface area contributed by atoms with E-state index in [1.165, 1.54) is 11.3 Å². The van der Waals surface area contributed by atoms with Crippen molar-refractivity contribution in [1.29, 1.82) is 0 Å². The van der Waals surface area contributed by atoms with Gasteiger partial charge in [-0.1, -0.05) is 32.1 Å². The predicted molar refractivity (Wildman–Crippen MR) is 78.4 cm³/mol. The summed E-state index contributed by atoms with van der Waals surface area (Å²) in [6, 6.07) is 0.465. The average molecular weight is 282 g/mol. The molecule has 0 amide bonds. The SMILES string of the molecule is CN(c1nc(C(C)(C)C)c(C=O)s1)C1CCOCC1. The predicted octanol–water partition coefficient (Wildman–Crippen LogP) is 2.87. The van der Waals surface area contributed by atoms with Gasteiger partial charge in [0.1, 0.15) is 0 Å². The summed E-state index contributed by atoms with van der Waals surface area (Å²) >= 11 is 1.49. The van der Waals surface area contributed by atoms with Crippen LogP contribution in [-0.4, -0.2) is 37.6 Å². The van der Waals surface area contributed by atoms with Crippen LogP contribution in [-0.2, 0) is 10.2 Å². The molecule has 0 saturated carbocycles. The molecule has 1 aliphatic heterocycles. The fraction of sp³-hybridized carbons (Fsp3) is 0.714. The Bertz CT molecular complexity index is 445. The molecular formula is C14H22N2O2S. The van der Waals surface area contributed by atoms with Crippen LogP contribution in [0.15, 0.2) is 0 Å². The van der Waals surface area contributed by atoms with Crippen LogP contribution < -0.4 is 4.90 Å². The number of anilines is 1. The Labute approximate surface area is 118 Å². The van der Waals surface area contributed by atoms with E-state index in [4.69, 9.17) is 9.72 Å². The number of aldehydes is 1. The van der Waals surface area contributed by atoms with Crippen LogP contribution in [0.3, 0.4) is 0 Å². The standard InChI is InChI=1S/C14H22N2O2S/c1-14(2,3)12-11(9-17)19-13(15-12)16(4)10-5-7-18-8-6-10/h9-10H,5-8H2,1-4H3. The van der Waals surface area contributed by atoms with E-state index < -0.39 is 0 Å². The summed E-state index contributed by atoms with van der Waals surface area (Å²) in [6.45, 7) is 7.90. The van der Waals surface area contributed by atoms with E-state index in [9.17, 15) is 4.79 Å². The minimum Gasteiger partial charge on any atom is -0.381 e. The first-order valence-electron chi connectivity index (χ1n) is 6.70. The van der Waals surface area contributed by atoms with Gasteiger partial charge < -0.3 is 9.64 Å². The first-order valence-corrected chi connectivity index (χ1v) is 7.52. The summed E-state index contributed by atoms with van der Waals surface area (Å²) < 4.78 is 5.39. The largest absolute Gasteiger partial charge is 0.381 e. The van der Waals surface area contributed by atoms with Crippen LogP contribution in [0.2, 0.25) is 0 Å². The van der Waals surface area contributed by atoms with Gasteiger partial charge in [-0.15, -0.1) is 0 Å². The van der Waals surface area contributed by atoms with E-state index >= 15 is 0 Å². The van der Waals surface area contributed by atoms with Gasteiger partial charge in [-0.3, -0.25) is 4.79 Å². The van der Waals surface area contributed by atoms with Crippen molar-refractivity contribution in [2.45, 2.75) is 45.1 Å². The molecule has 0 aromatic carbocycles. The molecule has 1 aromatic rings. The Morgan fingerprint density at radius 1 is 1.37 bits per heavy atom. The molecule has 1 saturated heterocycles. The maximum atomic E-state index is 11.2. The van der Waals surface area contributed by atoms with Crippen LogP contribution >= 0.6 is 11.3 Å². The molecule has 106 valence electrons. The van der Waals surface area contributed by atoms with Gasteiger partial charge in [-0.2, -0.15) is 0 Å². The molecule has 0 unspecified atom stereocenters. The first kappa shape index (κ1) is 14.5. The molecule has 1 aromatic heterocycles. The smallest absolute Gasteiger partial charge is 0.186 e. The van der Waals surface area contributed by atoms with E-state index in [2.05, 4.69) is 32.7 Å². The molecule has 4 nitrogen and oxygen atoms in total. The number of nitrogens with zero attached hydrogens (tertiary/aromatic N) is 2. The second-order valence-corrected chi connectivity index (χ2v) is 7.04. The second-order valence-electron chi connectivity index (χ2n) is 6.03. The maximum Gasteiger partial charge on any atom is 0.186 e. The highest BCUT2D eigenvalue weighted by Crippen LogP contribution is 2.33. The molecule has 5 heteroatoms. The molecule has 2 heterocycles. The molecule has 19 heavy (non-hydrogen) atoms. The van der Waals surface area contributed by atoms with E-state index in [-0.39, 0.29) is 5.41 Å². The van der Waals surface area contributed by atoms with Crippen LogP contribution in [0.1, 0.15) is 49.0 Å². The van der Waals surface area contributed by atoms with Crippen molar-refractivity contribution >= 4 is 22.8 Å². The van der Waals surface area contributed by atoms with Gasteiger partial charge in [0.2, 0.25) is 0 Å². The van der Waals surface area contributed by atoms with Crippen LogP contribution in [0, 0.1) is 0 Å². The molecule has 0 atom stereocenters. The fourth-order valence-corrected chi connectivity index (χ4v) is 3.44. The number of thiazole rings is 1. The number of aromatic nitrogens is 1. The third-order valence-electron chi connectivity index (χ3n) is 3.50. The van der Waals surface area contributed by atoms with Crippen LogP contribution in [0.5, 0.6) is 0 Å². The number of carbonyl (C=O) groups is 1. The Balaban J connectivity index is 2.24. The van der Waals surface area contributed by atoms with Crippen molar-refractivity contribution in [2.75, 3.05) is 25.2 Å². The van der Waals surface area contributed by atoms with Crippen molar-refractivity contribution in [3.8, 4) is 0 Å².